The highest BCUT2D eigenvalue weighted by Crippen LogP contribution is 2.01. The molecule has 1 unspecified atom stereocenters. The van der Waals surface area contributed by atoms with Crippen molar-refractivity contribution in [3.63, 3.8) is 0 Å². The summed E-state index contributed by atoms with van der Waals surface area (Å²) in [6, 6.07) is 0. The molecule has 1 atom stereocenters. The Kier molecular flexibility index (Phi) is 5.38. The maximum absolute atomic E-state index is 10.5. The Balaban J connectivity index is 3.43. The molecule has 0 heterocycles. The Morgan fingerprint density at radius 2 is 2.33 bits per heavy atom. The second-order valence-electron chi connectivity index (χ2n) is 1.92. The van der Waals surface area contributed by atoms with Crippen molar-refractivity contribution in [2.75, 3.05) is 11.5 Å². The Hall–Kier alpha value is 0.360. The predicted molar refractivity (Wildman–Crippen MR) is 45.0 cm³/mol. The highest BCUT2D eigenvalue weighted by atomic mass is 127. The zero-order valence-corrected chi connectivity index (χ0v) is 7.84. The zero-order valence-electron chi connectivity index (χ0n) is 5.69. The summed E-state index contributed by atoms with van der Waals surface area (Å²) in [5.74, 6) is 0.193. The maximum Gasteiger partial charge on any atom is 0.132 e. The molecule has 0 saturated carbocycles. The molecule has 2 nitrogen and oxygen atoms in total. The van der Waals surface area contributed by atoms with Gasteiger partial charge in [0.25, 0.3) is 0 Å². The van der Waals surface area contributed by atoms with Gasteiger partial charge in [0, 0.05) is 18.0 Å². The van der Waals surface area contributed by atoms with Crippen molar-refractivity contribution in [1.29, 1.82) is 0 Å². The zero-order chi connectivity index (χ0) is 7.28. The molecule has 9 heavy (non-hydrogen) atoms. The van der Waals surface area contributed by atoms with Crippen LogP contribution in [0.5, 0.6) is 0 Å². The molecular formula is C6H11IO2. The Morgan fingerprint density at radius 3 is 2.44 bits per heavy atom. The lowest BCUT2D eigenvalue weighted by Crippen LogP contribution is -2.15. The van der Waals surface area contributed by atoms with Crippen LogP contribution in [0, 0.1) is 0 Å². The SMILES string of the molecule is COC(CI)CC(C)=O. The van der Waals surface area contributed by atoms with Crippen LogP contribution in [0.25, 0.3) is 0 Å². The third-order valence-corrected chi connectivity index (χ3v) is 2.00. The lowest BCUT2D eigenvalue weighted by Gasteiger charge is -2.07. The van der Waals surface area contributed by atoms with E-state index in [0.717, 1.165) is 4.43 Å². The first-order valence-corrected chi connectivity index (χ1v) is 4.31. The lowest BCUT2D eigenvalue weighted by molar-refractivity contribution is -0.118. The van der Waals surface area contributed by atoms with E-state index < -0.39 is 0 Å². The topological polar surface area (TPSA) is 26.3 Å². The van der Waals surface area contributed by atoms with Crippen molar-refractivity contribution >= 4 is 28.4 Å². The standard InChI is InChI=1S/C6H11IO2/c1-5(8)3-6(4-7)9-2/h6H,3-4H2,1-2H3. The molecule has 0 aromatic rings. The average Bonchev–Trinajstić information content (AvgIpc) is 1.82. The Bertz CT molecular complexity index is 89.1. The number of Topliss-reactive ketones (excluding diaryl/α,β-unsaturated/α-hetero) is 1. The van der Waals surface area contributed by atoms with E-state index in [4.69, 9.17) is 4.74 Å². The van der Waals surface area contributed by atoms with Gasteiger partial charge in [-0.3, -0.25) is 4.79 Å². The summed E-state index contributed by atoms with van der Waals surface area (Å²) in [4.78, 5) is 10.5. The van der Waals surface area contributed by atoms with Crippen LogP contribution in [0.3, 0.4) is 0 Å². The summed E-state index contributed by atoms with van der Waals surface area (Å²) in [6.45, 7) is 1.58. The number of methoxy groups -OCH3 is 1. The fourth-order valence-corrected chi connectivity index (χ4v) is 1.19. The Labute approximate surface area is 69.1 Å². The number of alkyl halides is 1. The highest BCUT2D eigenvalue weighted by Gasteiger charge is 2.06. The molecule has 0 aliphatic heterocycles. The van der Waals surface area contributed by atoms with Gasteiger partial charge in [-0.25, -0.2) is 0 Å². The monoisotopic (exact) mass is 242 g/mol. The number of hydrogen-bond donors (Lipinski definition) is 0. The van der Waals surface area contributed by atoms with Crippen molar-refractivity contribution in [2.45, 2.75) is 19.4 Å². The average molecular weight is 242 g/mol. The van der Waals surface area contributed by atoms with Gasteiger partial charge in [-0.05, 0) is 6.92 Å². The van der Waals surface area contributed by atoms with Gasteiger partial charge in [-0.15, -0.1) is 0 Å². The number of halogens is 1. The third-order valence-electron chi connectivity index (χ3n) is 1.02. The largest absolute Gasteiger partial charge is 0.380 e. The molecule has 0 radical (unpaired) electrons. The van der Waals surface area contributed by atoms with E-state index in [0.29, 0.717) is 6.42 Å². The number of rotatable bonds is 4. The molecule has 0 saturated heterocycles. The van der Waals surface area contributed by atoms with Crippen molar-refractivity contribution in [3.05, 3.63) is 0 Å². The molecule has 0 fully saturated rings. The summed E-state index contributed by atoms with van der Waals surface area (Å²) in [5, 5.41) is 0. The van der Waals surface area contributed by atoms with Crippen LogP contribution in [0.4, 0.5) is 0 Å². The molecule has 0 rings (SSSR count). The number of hydrogen-bond acceptors (Lipinski definition) is 2. The second-order valence-corrected chi connectivity index (χ2v) is 2.80. The second kappa shape index (κ2) is 5.17. The Morgan fingerprint density at radius 1 is 1.78 bits per heavy atom. The van der Waals surface area contributed by atoms with Crippen LogP contribution in [0.1, 0.15) is 13.3 Å². The van der Waals surface area contributed by atoms with E-state index in [-0.39, 0.29) is 11.9 Å². The summed E-state index contributed by atoms with van der Waals surface area (Å²) in [6.07, 6.45) is 0.655. The van der Waals surface area contributed by atoms with Gasteiger partial charge in [0.1, 0.15) is 5.78 Å². The van der Waals surface area contributed by atoms with E-state index in [9.17, 15) is 4.79 Å². The van der Waals surface area contributed by atoms with E-state index >= 15 is 0 Å². The van der Waals surface area contributed by atoms with E-state index in [1.807, 2.05) is 0 Å². The van der Waals surface area contributed by atoms with Crippen LogP contribution in [-0.4, -0.2) is 23.4 Å². The van der Waals surface area contributed by atoms with Crippen LogP contribution >= 0.6 is 22.6 Å². The van der Waals surface area contributed by atoms with Gasteiger partial charge in [-0.1, -0.05) is 22.6 Å². The first-order valence-electron chi connectivity index (χ1n) is 2.79. The minimum atomic E-state index is 0.114. The molecule has 0 aromatic heterocycles. The molecule has 0 N–H and O–H groups in total. The van der Waals surface area contributed by atoms with Gasteiger partial charge in [-0.2, -0.15) is 0 Å². The van der Waals surface area contributed by atoms with Gasteiger partial charge in [0.05, 0.1) is 6.10 Å². The molecule has 0 spiro atoms. The van der Waals surface area contributed by atoms with Crippen LogP contribution in [0.2, 0.25) is 0 Å². The number of ether oxygens (including phenoxy) is 1. The fourth-order valence-electron chi connectivity index (χ4n) is 0.521. The first-order chi connectivity index (χ1) is 4.20. The molecular weight excluding hydrogens is 231 g/mol. The van der Waals surface area contributed by atoms with Gasteiger partial charge in [0.15, 0.2) is 0 Å². The minimum absolute atomic E-state index is 0.114. The lowest BCUT2D eigenvalue weighted by atomic mass is 10.2. The normalized spacial score (nSPS) is 13.2. The molecule has 0 amide bonds. The molecule has 0 bridgehead atoms. The van der Waals surface area contributed by atoms with Gasteiger partial charge >= 0.3 is 0 Å². The summed E-state index contributed by atoms with van der Waals surface area (Å²) < 4.78 is 5.86. The third kappa shape index (κ3) is 4.84. The summed E-state index contributed by atoms with van der Waals surface area (Å²) >= 11 is 2.21. The first kappa shape index (κ1) is 9.36. The van der Waals surface area contributed by atoms with Gasteiger partial charge < -0.3 is 4.74 Å². The smallest absolute Gasteiger partial charge is 0.132 e. The maximum atomic E-state index is 10.5. The minimum Gasteiger partial charge on any atom is -0.380 e. The summed E-state index contributed by atoms with van der Waals surface area (Å²) in [7, 11) is 1.63. The number of carbonyl (C=O) groups excluding carboxylic acids is 1. The quantitative estimate of drug-likeness (QED) is 0.550. The molecule has 3 heteroatoms. The van der Waals surface area contributed by atoms with Crippen LogP contribution in [-0.2, 0) is 9.53 Å². The van der Waals surface area contributed by atoms with E-state index in [1.54, 1.807) is 14.0 Å². The molecule has 54 valence electrons. The van der Waals surface area contributed by atoms with Crippen LogP contribution < -0.4 is 0 Å². The predicted octanol–water partition coefficient (Wildman–Crippen LogP) is 1.42. The van der Waals surface area contributed by atoms with Crippen molar-refractivity contribution in [2.24, 2.45) is 0 Å². The summed E-state index contributed by atoms with van der Waals surface area (Å²) in [5.41, 5.74) is 0. The number of carbonyl (C=O) groups is 1. The van der Waals surface area contributed by atoms with E-state index in [1.165, 1.54) is 0 Å². The van der Waals surface area contributed by atoms with Crippen molar-refractivity contribution in [3.8, 4) is 0 Å². The molecule has 0 aromatic carbocycles. The fraction of sp³-hybridized carbons (Fsp3) is 0.833. The molecule has 0 aliphatic rings. The van der Waals surface area contributed by atoms with Gasteiger partial charge in [0.2, 0.25) is 0 Å². The van der Waals surface area contributed by atoms with Crippen molar-refractivity contribution in [1.82, 2.24) is 0 Å². The molecule has 0 aliphatic carbocycles. The van der Waals surface area contributed by atoms with Crippen molar-refractivity contribution < 1.29 is 9.53 Å². The number of ketones is 1. The highest BCUT2D eigenvalue weighted by molar-refractivity contribution is 14.1. The van der Waals surface area contributed by atoms with Crippen LogP contribution in [0.15, 0.2) is 0 Å². The van der Waals surface area contributed by atoms with E-state index in [2.05, 4.69) is 22.6 Å².